The number of benzene rings is 2. The molecule has 1 aliphatic carbocycles. The molecular formula is C26H33N5O3. The molecule has 0 radical (unpaired) electrons. The third-order valence-corrected chi connectivity index (χ3v) is 6.38. The van der Waals surface area contributed by atoms with E-state index in [1.807, 2.05) is 43.4 Å². The summed E-state index contributed by atoms with van der Waals surface area (Å²) in [5.74, 6) is 0.773. The lowest BCUT2D eigenvalue weighted by Crippen LogP contribution is -2.45. The Bertz CT molecular complexity index is 1010. The highest BCUT2D eigenvalue weighted by atomic mass is 16.5. The Labute approximate surface area is 201 Å². The number of aliphatic hydroxyl groups is 1. The molecule has 0 saturated heterocycles. The lowest BCUT2D eigenvalue weighted by Gasteiger charge is -2.40. The van der Waals surface area contributed by atoms with Gasteiger partial charge in [0, 0.05) is 18.0 Å². The number of para-hydroxylation sites is 1. The van der Waals surface area contributed by atoms with Gasteiger partial charge in [-0.1, -0.05) is 42.5 Å². The summed E-state index contributed by atoms with van der Waals surface area (Å²) in [5, 5.41) is 27.1. The lowest BCUT2D eigenvalue weighted by molar-refractivity contribution is 0.0932. The van der Waals surface area contributed by atoms with Crippen LogP contribution in [0.15, 0.2) is 59.6 Å². The number of aliphatic imine (C=N–C) groups is 1. The predicted molar refractivity (Wildman–Crippen MR) is 132 cm³/mol. The smallest absolute Gasteiger partial charge is 0.255 e. The monoisotopic (exact) mass is 463 g/mol. The molecule has 180 valence electrons. The van der Waals surface area contributed by atoms with Gasteiger partial charge in [0.15, 0.2) is 6.19 Å². The molecule has 34 heavy (non-hydrogen) atoms. The molecule has 0 aliphatic heterocycles. The number of nitriles is 1. The van der Waals surface area contributed by atoms with Crippen molar-refractivity contribution in [2.75, 3.05) is 20.3 Å². The van der Waals surface area contributed by atoms with Crippen LogP contribution in [0.5, 0.6) is 5.75 Å². The van der Waals surface area contributed by atoms with Crippen LogP contribution in [-0.4, -0.2) is 49.3 Å². The van der Waals surface area contributed by atoms with Crippen LogP contribution in [0.1, 0.15) is 48.5 Å². The number of methoxy groups -OCH3 is 1. The molecule has 1 aliphatic rings. The normalized spacial score (nSPS) is 21.1. The Morgan fingerprint density at radius 1 is 1.21 bits per heavy atom. The number of rotatable bonds is 8. The van der Waals surface area contributed by atoms with Crippen LogP contribution in [0.2, 0.25) is 0 Å². The van der Waals surface area contributed by atoms with E-state index in [-0.39, 0.29) is 30.0 Å². The Morgan fingerprint density at radius 2 is 1.88 bits per heavy atom. The number of amides is 1. The van der Waals surface area contributed by atoms with E-state index in [9.17, 15) is 9.90 Å². The minimum absolute atomic E-state index is 0.0380. The number of hydrogen-bond acceptors (Lipinski definition) is 5. The number of carbonyl (C=O) groups is 1. The van der Waals surface area contributed by atoms with Crippen LogP contribution >= 0.6 is 0 Å². The number of guanidine groups is 1. The number of nitrogens with one attached hydrogen (secondary N) is 3. The van der Waals surface area contributed by atoms with Crippen molar-refractivity contribution >= 4 is 11.9 Å². The highest BCUT2D eigenvalue weighted by Gasteiger charge is 2.37. The number of ether oxygens (including phenoxy) is 1. The first-order valence-corrected chi connectivity index (χ1v) is 11.6. The van der Waals surface area contributed by atoms with Crippen LogP contribution < -0.4 is 20.7 Å². The first kappa shape index (κ1) is 25.1. The molecule has 2 aromatic rings. The Kier molecular flexibility index (Phi) is 8.88. The zero-order valence-corrected chi connectivity index (χ0v) is 19.8. The van der Waals surface area contributed by atoms with Gasteiger partial charge < -0.3 is 20.5 Å². The highest BCUT2D eigenvalue weighted by molar-refractivity contribution is 5.97. The maximum absolute atomic E-state index is 13.0. The molecule has 0 unspecified atom stereocenters. The molecule has 4 N–H and O–H groups in total. The topological polar surface area (TPSA) is 119 Å². The second kappa shape index (κ2) is 12.1. The summed E-state index contributed by atoms with van der Waals surface area (Å²) in [6.07, 6.45) is 5.21. The van der Waals surface area contributed by atoms with Crippen LogP contribution in [0.3, 0.4) is 0 Å². The molecular weight excluding hydrogens is 430 g/mol. The van der Waals surface area contributed by atoms with Crippen molar-refractivity contribution in [3.63, 3.8) is 0 Å². The summed E-state index contributed by atoms with van der Waals surface area (Å²) < 4.78 is 5.35. The molecule has 0 bridgehead atoms. The van der Waals surface area contributed by atoms with E-state index in [1.165, 1.54) is 5.56 Å². The van der Waals surface area contributed by atoms with Crippen molar-refractivity contribution in [1.29, 1.82) is 5.26 Å². The molecule has 8 nitrogen and oxygen atoms in total. The highest BCUT2D eigenvalue weighted by Crippen LogP contribution is 2.40. The van der Waals surface area contributed by atoms with Crippen molar-refractivity contribution in [1.82, 2.24) is 16.0 Å². The average molecular weight is 464 g/mol. The van der Waals surface area contributed by atoms with Gasteiger partial charge in [-0.3, -0.25) is 10.1 Å². The quantitative estimate of drug-likeness (QED) is 0.207. The average Bonchev–Trinajstić information content (AvgIpc) is 2.88. The third-order valence-electron chi connectivity index (χ3n) is 6.38. The van der Waals surface area contributed by atoms with Gasteiger partial charge >= 0.3 is 0 Å². The largest absolute Gasteiger partial charge is 0.496 e. The second-order valence-electron chi connectivity index (χ2n) is 8.70. The molecule has 1 fully saturated rings. The van der Waals surface area contributed by atoms with E-state index in [0.29, 0.717) is 23.8 Å². The Hall–Kier alpha value is -3.57. The Balaban J connectivity index is 1.75. The first-order chi connectivity index (χ1) is 16.5. The SMILES string of the molecule is COc1ccccc1C(=O)NCC1(c2ccccc2)CCC(N=C(NC#N)N[C@@H](C)CO)CC1. The number of aliphatic hydroxyl groups excluding tert-OH is 1. The van der Waals surface area contributed by atoms with E-state index >= 15 is 0 Å². The van der Waals surface area contributed by atoms with Gasteiger partial charge in [-0.05, 0) is 50.3 Å². The Morgan fingerprint density at radius 3 is 2.53 bits per heavy atom. The summed E-state index contributed by atoms with van der Waals surface area (Å²) in [4.78, 5) is 17.7. The molecule has 1 amide bonds. The van der Waals surface area contributed by atoms with Crippen molar-refractivity contribution < 1.29 is 14.6 Å². The molecule has 1 atom stereocenters. The third kappa shape index (κ3) is 6.27. The summed E-state index contributed by atoms with van der Waals surface area (Å²) >= 11 is 0. The minimum atomic E-state index is -0.211. The van der Waals surface area contributed by atoms with Crippen molar-refractivity contribution in [2.24, 2.45) is 4.99 Å². The van der Waals surface area contributed by atoms with Crippen LogP contribution in [-0.2, 0) is 5.41 Å². The molecule has 2 aromatic carbocycles. The summed E-state index contributed by atoms with van der Waals surface area (Å²) in [5.41, 5.74) is 1.50. The fourth-order valence-electron chi connectivity index (χ4n) is 4.44. The van der Waals surface area contributed by atoms with Gasteiger partial charge in [0.05, 0.1) is 25.3 Å². The lowest BCUT2D eigenvalue weighted by atomic mass is 9.68. The number of carbonyl (C=O) groups excluding carboxylic acids is 1. The van der Waals surface area contributed by atoms with Crippen LogP contribution in [0.4, 0.5) is 0 Å². The number of hydrogen-bond donors (Lipinski definition) is 4. The van der Waals surface area contributed by atoms with Crippen molar-refractivity contribution in [3.05, 3.63) is 65.7 Å². The van der Waals surface area contributed by atoms with E-state index < -0.39 is 0 Å². The summed E-state index contributed by atoms with van der Waals surface area (Å²) in [7, 11) is 1.56. The fraction of sp³-hybridized carbons (Fsp3) is 0.423. The summed E-state index contributed by atoms with van der Waals surface area (Å²) in [6.45, 7) is 2.27. The minimum Gasteiger partial charge on any atom is -0.496 e. The van der Waals surface area contributed by atoms with Gasteiger partial charge in [-0.15, -0.1) is 0 Å². The molecule has 1 saturated carbocycles. The van der Waals surface area contributed by atoms with Crippen LogP contribution in [0, 0.1) is 11.5 Å². The maximum Gasteiger partial charge on any atom is 0.255 e. The zero-order chi connectivity index (χ0) is 24.4. The van der Waals surface area contributed by atoms with E-state index in [2.05, 4.69) is 28.1 Å². The molecule has 0 spiro atoms. The van der Waals surface area contributed by atoms with Gasteiger partial charge in [0.25, 0.3) is 5.91 Å². The van der Waals surface area contributed by atoms with Gasteiger partial charge in [0.1, 0.15) is 5.75 Å². The van der Waals surface area contributed by atoms with Crippen molar-refractivity contribution in [2.45, 2.75) is 50.1 Å². The summed E-state index contributed by atoms with van der Waals surface area (Å²) in [6, 6.07) is 17.3. The molecule has 0 heterocycles. The predicted octanol–water partition coefficient (Wildman–Crippen LogP) is 2.70. The molecule has 0 aromatic heterocycles. The van der Waals surface area contributed by atoms with Gasteiger partial charge in [-0.2, -0.15) is 5.26 Å². The first-order valence-electron chi connectivity index (χ1n) is 11.6. The van der Waals surface area contributed by atoms with Crippen LogP contribution in [0.25, 0.3) is 0 Å². The van der Waals surface area contributed by atoms with E-state index in [1.54, 1.807) is 19.2 Å². The van der Waals surface area contributed by atoms with E-state index in [0.717, 1.165) is 25.7 Å². The van der Waals surface area contributed by atoms with Gasteiger partial charge in [0.2, 0.25) is 5.96 Å². The zero-order valence-electron chi connectivity index (χ0n) is 19.8. The van der Waals surface area contributed by atoms with E-state index in [4.69, 9.17) is 15.0 Å². The van der Waals surface area contributed by atoms with Gasteiger partial charge in [-0.25, -0.2) is 4.99 Å². The molecule has 8 heteroatoms. The van der Waals surface area contributed by atoms with Crippen molar-refractivity contribution in [3.8, 4) is 11.9 Å². The number of nitrogens with zero attached hydrogens (tertiary/aromatic N) is 2. The maximum atomic E-state index is 13.0. The molecule has 3 rings (SSSR count). The standard InChI is InChI=1S/C26H33N5O3/c1-19(16-32)30-25(29-18-27)31-21-12-14-26(15-13-21,20-8-4-3-5-9-20)17-28-24(33)22-10-6-7-11-23(22)34-2/h3-11,19,21,32H,12-17H2,1-2H3,(H,28,33)(H2,29,30,31)/t19-,21?,26?/m0/s1. The fourth-order valence-corrected chi connectivity index (χ4v) is 4.44. The second-order valence-corrected chi connectivity index (χ2v) is 8.70.